The Balaban J connectivity index is 1.80. The Kier molecular flexibility index (Phi) is 5.03. The first-order chi connectivity index (χ1) is 12.1. The fraction of sp³-hybridized carbons (Fsp3) is 0.300. The zero-order valence-corrected chi connectivity index (χ0v) is 14.9. The molecular weight excluding hydrogens is 316 g/mol. The fourth-order valence-electron chi connectivity index (χ4n) is 2.44. The number of nitrogens with zero attached hydrogens (tertiary/aromatic N) is 2. The molecule has 1 aromatic heterocycles. The summed E-state index contributed by atoms with van der Waals surface area (Å²) in [6.07, 6.45) is 0. The molecule has 0 spiro atoms. The summed E-state index contributed by atoms with van der Waals surface area (Å²) in [5, 5.41) is 4.04. The second-order valence-electron chi connectivity index (χ2n) is 6.19. The highest BCUT2D eigenvalue weighted by atomic mass is 16.5. The molecule has 1 heterocycles. The van der Waals surface area contributed by atoms with E-state index in [0.717, 1.165) is 11.1 Å². The standard InChI is InChI=1S/C20H22N2O3/c1-13(2)20-21-19(22-25-20)15-9-10-17(18(11-15)23-4)24-12-16-8-6-5-7-14(16)3/h5-11,13H,12H2,1-4H3. The van der Waals surface area contributed by atoms with Crippen molar-refractivity contribution in [1.82, 2.24) is 10.1 Å². The van der Waals surface area contributed by atoms with Crippen LogP contribution >= 0.6 is 0 Å². The molecule has 0 unspecified atom stereocenters. The number of ether oxygens (including phenoxy) is 2. The van der Waals surface area contributed by atoms with Gasteiger partial charge in [0, 0.05) is 11.5 Å². The topological polar surface area (TPSA) is 57.4 Å². The van der Waals surface area contributed by atoms with Crippen molar-refractivity contribution in [3.8, 4) is 22.9 Å². The molecule has 130 valence electrons. The third-order valence-electron chi connectivity index (χ3n) is 4.00. The van der Waals surface area contributed by atoms with Gasteiger partial charge in [-0.05, 0) is 36.2 Å². The largest absolute Gasteiger partial charge is 0.493 e. The predicted molar refractivity (Wildman–Crippen MR) is 95.9 cm³/mol. The Hall–Kier alpha value is -2.82. The highest BCUT2D eigenvalue weighted by Gasteiger charge is 2.14. The van der Waals surface area contributed by atoms with Crippen LogP contribution in [0.2, 0.25) is 0 Å². The predicted octanol–water partition coefficient (Wildman–Crippen LogP) is 4.76. The molecule has 0 aliphatic heterocycles. The first-order valence-corrected chi connectivity index (χ1v) is 8.28. The van der Waals surface area contributed by atoms with E-state index in [-0.39, 0.29) is 5.92 Å². The van der Waals surface area contributed by atoms with Gasteiger partial charge in [0.25, 0.3) is 0 Å². The molecule has 3 aromatic rings. The van der Waals surface area contributed by atoms with Gasteiger partial charge in [0.05, 0.1) is 7.11 Å². The molecule has 0 aliphatic rings. The lowest BCUT2D eigenvalue weighted by molar-refractivity contribution is 0.284. The van der Waals surface area contributed by atoms with Gasteiger partial charge < -0.3 is 14.0 Å². The second-order valence-corrected chi connectivity index (χ2v) is 6.19. The van der Waals surface area contributed by atoms with Crippen molar-refractivity contribution >= 4 is 0 Å². The lowest BCUT2D eigenvalue weighted by Gasteiger charge is -2.12. The lowest BCUT2D eigenvalue weighted by atomic mass is 10.1. The van der Waals surface area contributed by atoms with Gasteiger partial charge in [-0.15, -0.1) is 0 Å². The third-order valence-corrected chi connectivity index (χ3v) is 4.00. The molecule has 0 fully saturated rings. The average Bonchev–Trinajstić information content (AvgIpc) is 3.11. The summed E-state index contributed by atoms with van der Waals surface area (Å²) < 4.78 is 16.7. The van der Waals surface area contributed by atoms with Crippen molar-refractivity contribution < 1.29 is 14.0 Å². The minimum Gasteiger partial charge on any atom is -0.493 e. The number of aryl methyl sites for hydroxylation is 1. The maximum atomic E-state index is 5.94. The van der Waals surface area contributed by atoms with Gasteiger partial charge in [-0.2, -0.15) is 4.98 Å². The molecule has 0 radical (unpaired) electrons. The van der Waals surface area contributed by atoms with Crippen LogP contribution in [0.1, 0.15) is 36.8 Å². The molecule has 0 saturated heterocycles. The Morgan fingerprint density at radius 1 is 1.08 bits per heavy atom. The Labute approximate surface area is 147 Å². The van der Waals surface area contributed by atoms with Crippen LogP contribution in [0.3, 0.4) is 0 Å². The molecule has 25 heavy (non-hydrogen) atoms. The molecule has 0 saturated carbocycles. The quantitative estimate of drug-likeness (QED) is 0.649. The summed E-state index contributed by atoms with van der Waals surface area (Å²) in [6, 6.07) is 13.8. The number of hydrogen-bond acceptors (Lipinski definition) is 5. The van der Waals surface area contributed by atoms with Gasteiger partial charge in [-0.25, -0.2) is 0 Å². The number of aromatic nitrogens is 2. The minimum absolute atomic E-state index is 0.194. The molecule has 0 bridgehead atoms. The SMILES string of the molecule is COc1cc(-c2noc(C(C)C)n2)ccc1OCc1ccccc1C. The molecule has 5 heteroatoms. The first-order valence-electron chi connectivity index (χ1n) is 8.28. The summed E-state index contributed by atoms with van der Waals surface area (Å²) in [4.78, 5) is 4.42. The monoisotopic (exact) mass is 338 g/mol. The molecule has 5 nitrogen and oxygen atoms in total. The average molecular weight is 338 g/mol. The van der Waals surface area contributed by atoms with Crippen molar-refractivity contribution in [3.63, 3.8) is 0 Å². The lowest BCUT2D eigenvalue weighted by Crippen LogP contribution is -1.99. The van der Waals surface area contributed by atoms with Gasteiger partial charge in [0.1, 0.15) is 6.61 Å². The number of benzene rings is 2. The van der Waals surface area contributed by atoms with Crippen LogP contribution in [-0.4, -0.2) is 17.3 Å². The van der Waals surface area contributed by atoms with E-state index in [1.165, 1.54) is 5.56 Å². The number of hydrogen-bond donors (Lipinski definition) is 0. The van der Waals surface area contributed by atoms with E-state index in [2.05, 4.69) is 29.2 Å². The normalized spacial score (nSPS) is 10.9. The van der Waals surface area contributed by atoms with E-state index in [4.69, 9.17) is 14.0 Å². The van der Waals surface area contributed by atoms with Crippen molar-refractivity contribution in [2.75, 3.05) is 7.11 Å². The van der Waals surface area contributed by atoms with E-state index in [0.29, 0.717) is 29.8 Å². The van der Waals surface area contributed by atoms with Crippen LogP contribution in [0.5, 0.6) is 11.5 Å². The summed E-state index contributed by atoms with van der Waals surface area (Å²) >= 11 is 0. The van der Waals surface area contributed by atoms with Crippen LogP contribution < -0.4 is 9.47 Å². The number of methoxy groups -OCH3 is 1. The zero-order valence-electron chi connectivity index (χ0n) is 14.9. The van der Waals surface area contributed by atoms with Crippen molar-refractivity contribution in [2.45, 2.75) is 33.3 Å². The summed E-state index contributed by atoms with van der Waals surface area (Å²) in [6.45, 7) is 6.59. The van der Waals surface area contributed by atoms with Crippen molar-refractivity contribution in [2.24, 2.45) is 0 Å². The van der Waals surface area contributed by atoms with Gasteiger partial charge in [0.15, 0.2) is 11.5 Å². The van der Waals surface area contributed by atoms with E-state index < -0.39 is 0 Å². The molecular formula is C20H22N2O3. The molecule has 0 amide bonds. The highest BCUT2D eigenvalue weighted by molar-refractivity contribution is 5.60. The van der Waals surface area contributed by atoms with Gasteiger partial charge in [-0.3, -0.25) is 0 Å². The van der Waals surface area contributed by atoms with Crippen LogP contribution in [0.15, 0.2) is 47.0 Å². The smallest absolute Gasteiger partial charge is 0.229 e. The molecule has 0 atom stereocenters. The van der Waals surface area contributed by atoms with E-state index in [9.17, 15) is 0 Å². The maximum absolute atomic E-state index is 5.94. The maximum Gasteiger partial charge on any atom is 0.229 e. The second kappa shape index (κ2) is 7.38. The van der Waals surface area contributed by atoms with E-state index >= 15 is 0 Å². The molecule has 0 aliphatic carbocycles. The van der Waals surface area contributed by atoms with Gasteiger partial charge >= 0.3 is 0 Å². The highest BCUT2D eigenvalue weighted by Crippen LogP contribution is 2.32. The third kappa shape index (κ3) is 3.82. The molecule has 2 aromatic carbocycles. The van der Waals surface area contributed by atoms with Crippen LogP contribution in [0.4, 0.5) is 0 Å². The van der Waals surface area contributed by atoms with E-state index in [1.54, 1.807) is 7.11 Å². The fourth-order valence-corrected chi connectivity index (χ4v) is 2.44. The van der Waals surface area contributed by atoms with Crippen molar-refractivity contribution in [3.05, 3.63) is 59.5 Å². The van der Waals surface area contributed by atoms with E-state index in [1.807, 2.05) is 44.2 Å². The van der Waals surface area contributed by atoms with Crippen LogP contribution in [-0.2, 0) is 6.61 Å². The molecule has 0 N–H and O–H groups in total. The Bertz CT molecular complexity index is 856. The Morgan fingerprint density at radius 2 is 1.88 bits per heavy atom. The number of rotatable bonds is 6. The van der Waals surface area contributed by atoms with Gasteiger partial charge in [-0.1, -0.05) is 43.3 Å². The van der Waals surface area contributed by atoms with Crippen LogP contribution in [0, 0.1) is 6.92 Å². The first kappa shape index (κ1) is 17.0. The summed E-state index contributed by atoms with van der Waals surface area (Å²) in [7, 11) is 1.62. The Morgan fingerprint density at radius 3 is 2.56 bits per heavy atom. The minimum atomic E-state index is 0.194. The van der Waals surface area contributed by atoms with Crippen LogP contribution in [0.25, 0.3) is 11.4 Å². The van der Waals surface area contributed by atoms with Crippen molar-refractivity contribution in [1.29, 1.82) is 0 Å². The van der Waals surface area contributed by atoms with Gasteiger partial charge in [0.2, 0.25) is 11.7 Å². The molecule has 3 rings (SSSR count). The summed E-state index contributed by atoms with van der Waals surface area (Å²) in [5.74, 6) is 2.69. The zero-order chi connectivity index (χ0) is 17.8. The summed E-state index contributed by atoms with van der Waals surface area (Å²) in [5.41, 5.74) is 3.18.